The quantitative estimate of drug-likeness (QED) is 0.730. The number of nitrogens with two attached hydrogens (primary N) is 1. The summed E-state index contributed by atoms with van der Waals surface area (Å²) in [6, 6.07) is 10.0. The predicted molar refractivity (Wildman–Crippen MR) is 90.8 cm³/mol. The third-order valence-corrected chi connectivity index (χ3v) is 3.85. The molecule has 0 aliphatic rings. The molecule has 0 saturated heterocycles. The molecule has 0 aliphatic carbocycles. The maximum Gasteiger partial charge on any atom is 0.255 e. The molecule has 1 amide bonds. The SMILES string of the molecule is Cc1cccc(NC(=O)c2ccc(Br)c(O)c2)c1C(N)=S. The Labute approximate surface area is 136 Å². The summed E-state index contributed by atoms with van der Waals surface area (Å²) in [6.07, 6.45) is 0. The van der Waals surface area contributed by atoms with E-state index >= 15 is 0 Å². The highest BCUT2D eigenvalue weighted by molar-refractivity contribution is 9.10. The van der Waals surface area contributed by atoms with Crippen molar-refractivity contribution in [2.24, 2.45) is 5.73 Å². The minimum absolute atomic E-state index is 0.00135. The fraction of sp³-hybridized carbons (Fsp3) is 0.0667. The number of aryl methyl sites for hydroxylation is 1. The zero-order valence-electron chi connectivity index (χ0n) is 11.2. The van der Waals surface area contributed by atoms with Crippen LogP contribution in [0.4, 0.5) is 5.69 Å². The topological polar surface area (TPSA) is 75.3 Å². The van der Waals surface area contributed by atoms with E-state index < -0.39 is 0 Å². The minimum Gasteiger partial charge on any atom is -0.507 e. The van der Waals surface area contributed by atoms with Gasteiger partial charge in [-0.15, -0.1) is 0 Å². The van der Waals surface area contributed by atoms with Crippen LogP contribution in [0.15, 0.2) is 40.9 Å². The van der Waals surface area contributed by atoms with Gasteiger partial charge < -0.3 is 16.2 Å². The number of carbonyl (C=O) groups is 1. The summed E-state index contributed by atoms with van der Waals surface area (Å²) < 4.78 is 0.526. The van der Waals surface area contributed by atoms with Gasteiger partial charge in [-0.1, -0.05) is 24.4 Å². The van der Waals surface area contributed by atoms with Gasteiger partial charge in [0.2, 0.25) is 0 Å². The van der Waals surface area contributed by atoms with E-state index in [2.05, 4.69) is 21.2 Å². The molecule has 2 aromatic rings. The maximum atomic E-state index is 12.2. The molecule has 2 rings (SSSR count). The van der Waals surface area contributed by atoms with E-state index in [1.807, 2.05) is 19.1 Å². The normalized spacial score (nSPS) is 10.2. The molecule has 0 heterocycles. The Kier molecular flexibility index (Phi) is 4.59. The maximum absolute atomic E-state index is 12.2. The third kappa shape index (κ3) is 3.40. The lowest BCUT2D eigenvalue weighted by Gasteiger charge is -2.12. The van der Waals surface area contributed by atoms with E-state index in [1.165, 1.54) is 6.07 Å². The first-order valence-corrected chi connectivity index (χ1v) is 7.29. The van der Waals surface area contributed by atoms with Crippen molar-refractivity contribution >= 4 is 44.7 Å². The second-order valence-electron chi connectivity index (χ2n) is 4.48. The van der Waals surface area contributed by atoms with Gasteiger partial charge in [-0.05, 0) is 52.7 Å². The van der Waals surface area contributed by atoms with Gasteiger partial charge in [0.1, 0.15) is 10.7 Å². The van der Waals surface area contributed by atoms with Gasteiger partial charge in [-0.25, -0.2) is 0 Å². The van der Waals surface area contributed by atoms with Crippen LogP contribution in [0.25, 0.3) is 0 Å². The molecule has 0 radical (unpaired) electrons. The van der Waals surface area contributed by atoms with Crippen LogP contribution in [0.3, 0.4) is 0 Å². The number of phenols is 1. The number of phenolic OH excluding ortho intramolecular Hbond substituents is 1. The van der Waals surface area contributed by atoms with E-state index in [4.69, 9.17) is 18.0 Å². The number of rotatable bonds is 3. The molecule has 0 atom stereocenters. The molecule has 4 N–H and O–H groups in total. The van der Waals surface area contributed by atoms with E-state index in [0.717, 1.165) is 5.56 Å². The molecule has 6 heteroatoms. The molecule has 4 nitrogen and oxygen atoms in total. The number of anilines is 1. The highest BCUT2D eigenvalue weighted by atomic mass is 79.9. The van der Waals surface area contributed by atoms with Gasteiger partial charge in [-0.3, -0.25) is 4.79 Å². The average molecular weight is 365 g/mol. The summed E-state index contributed by atoms with van der Waals surface area (Å²) in [5.74, 6) is -0.345. The first-order valence-electron chi connectivity index (χ1n) is 6.09. The van der Waals surface area contributed by atoms with Gasteiger partial charge in [0.05, 0.1) is 10.2 Å². The van der Waals surface area contributed by atoms with Crippen molar-refractivity contribution in [3.8, 4) is 5.75 Å². The molecule has 0 spiro atoms. The number of hydrogen-bond donors (Lipinski definition) is 3. The Hall–Kier alpha value is -1.92. The van der Waals surface area contributed by atoms with Crippen molar-refractivity contribution in [3.05, 3.63) is 57.6 Å². The smallest absolute Gasteiger partial charge is 0.255 e. The van der Waals surface area contributed by atoms with Crippen molar-refractivity contribution < 1.29 is 9.90 Å². The van der Waals surface area contributed by atoms with Crippen LogP contribution in [-0.2, 0) is 0 Å². The molecule has 0 fully saturated rings. The van der Waals surface area contributed by atoms with Crippen LogP contribution < -0.4 is 11.1 Å². The van der Waals surface area contributed by atoms with Crippen molar-refractivity contribution in [1.82, 2.24) is 0 Å². The summed E-state index contributed by atoms with van der Waals surface area (Å²) in [5, 5.41) is 12.4. The number of benzene rings is 2. The summed E-state index contributed by atoms with van der Waals surface area (Å²) in [5.41, 5.74) is 8.13. The number of amides is 1. The number of thiocarbonyl (C=S) groups is 1. The minimum atomic E-state index is -0.346. The lowest BCUT2D eigenvalue weighted by Crippen LogP contribution is -2.18. The molecule has 2 aromatic carbocycles. The Balaban J connectivity index is 2.34. The third-order valence-electron chi connectivity index (χ3n) is 2.98. The molecular formula is C15H13BrN2O2S. The molecule has 108 valence electrons. The van der Waals surface area contributed by atoms with Gasteiger partial charge in [0, 0.05) is 11.1 Å². The number of hydrogen-bond acceptors (Lipinski definition) is 3. The van der Waals surface area contributed by atoms with Crippen LogP contribution in [0, 0.1) is 6.92 Å². The molecule has 0 saturated carbocycles. The number of nitrogens with one attached hydrogen (secondary N) is 1. The molecule has 21 heavy (non-hydrogen) atoms. The number of carbonyl (C=O) groups excluding carboxylic acids is 1. The van der Waals surface area contributed by atoms with E-state index in [9.17, 15) is 9.90 Å². The highest BCUT2D eigenvalue weighted by Crippen LogP contribution is 2.25. The van der Waals surface area contributed by atoms with Gasteiger partial charge in [-0.2, -0.15) is 0 Å². The molecule has 0 aliphatic heterocycles. The standard InChI is InChI=1S/C15H13BrN2O2S/c1-8-3-2-4-11(13(8)14(17)21)18-15(20)9-5-6-10(16)12(19)7-9/h2-7,19H,1H3,(H2,17,21)(H,18,20). The van der Waals surface area contributed by atoms with E-state index in [-0.39, 0.29) is 16.6 Å². The summed E-state index contributed by atoms with van der Waals surface area (Å²) in [6.45, 7) is 1.87. The van der Waals surface area contributed by atoms with Crippen molar-refractivity contribution in [3.63, 3.8) is 0 Å². The lowest BCUT2D eigenvalue weighted by molar-refractivity contribution is 0.102. The largest absolute Gasteiger partial charge is 0.507 e. The molecule has 0 aromatic heterocycles. The monoisotopic (exact) mass is 364 g/mol. The molecule has 0 unspecified atom stereocenters. The Morgan fingerprint density at radius 1 is 1.33 bits per heavy atom. The Morgan fingerprint density at radius 3 is 2.67 bits per heavy atom. The zero-order chi connectivity index (χ0) is 15.6. The molecule has 0 bridgehead atoms. The Morgan fingerprint density at radius 2 is 2.05 bits per heavy atom. The fourth-order valence-corrected chi connectivity index (χ4v) is 2.46. The summed E-state index contributed by atoms with van der Waals surface area (Å²) in [7, 11) is 0. The van der Waals surface area contributed by atoms with E-state index in [0.29, 0.717) is 21.3 Å². The fourth-order valence-electron chi connectivity index (χ4n) is 1.95. The average Bonchev–Trinajstić information content (AvgIpc) is 2.41. The van der Waals surface area contributed by atoms with E-state index in [1.54, 1.807) is 18.2 Å². The lowest BCUT2D eigenvalue weighted by atomic mass is 10.1. The van der Waals surface area contributed by atoms with Crippen molar-refractivity contribution in [2.75, 3.05) is 5.32 Å². The first-order chi connectivity index (χ1) is 9.90. The van der Waals surface area contributed by atoms with Crippen LogP contribution >= 0.6 is 28.1 Å². The number of halogens is 1. The molecular weight excluding hydrogens is 352 g/mol. The highest BCUT2D eigenvalue weighted by Gasteiger charge is 2.13. The summed E-state index contributed by atoms with van der Waals surface area (Å²) >= 11 is 8.19. The van der Waals surface area contributed by atoms with Crippen LogP contribution in [0.1, 0.15) is 21.5 Å². The van der Waals surface area contributed by atoms with Crippen LogP contribution in [-0.4, -0.2) is 16.0 Å². The zero-order valence-corrected chi connectivity index (χ0v) is 13.6. The number of aromatic hydroxyl groups is 1. The second-order valence-corrected chi connectivity index (χ2v) is 5.78. The summed E-state index contributed by atoms with van der Waals surface area (Å²) in [4.78, 5) is 12.5. The van der Waals surface area contributed by atoms with Gasteiger partial charge >= 0.3 is 0 Å². The first kappa shape index (κ1) is 15.5. The van der Waals surface area contributed by atoms with Crippen molar-refractivity contribution in [2.45, 2.75) is 6.92 Å². The second kappa shape index (κ2) is 6.24. The van der Waals surface area contributed by atoms with Gasteiger partial charge in [0.15, 0.2) is 0 Å². The Bertz CT molecular complexity index is 732. The van der Waals surface area contributed by atoms with Crippen LogP contribution in [0.5, 0.6) is 5.75 Å². The van der Waals surface area contributed by atoms with Gasteiger partial charge in [0.25, 0.3) is 5.91 Å². The van der Waals surface area contributed by atoms with Crippen LogP contribution in [0.2, 0.25) is 0 Å². The predicted octanol–water partition coefficient (Wildman–Crippen LogP) is 3.35. The van der Waals surface area contributed by atoms with Crippen molar-refractivity contribution in [1.29, 1.82) is 0 Å².